The summed E-state index contributed by atoms with van der Waals surface area (Å²) in [7, 11) is 1.77. The number of hydrogen-bond donors (Lipinski definition) is 0. The molecule has 0 N–H and O–H groups in total. The molecular formula is C15H13F2N5O3. The van der Waals surface area contributed by atoms with Crippen molar-refractivity contribution in [2.75, 3.05) is 18.7 Å². The Bertz CT molecular complexity index is 917. The maximum atomic E-state index is 12.7. The van der Waals surface area contributed by atoms with Gasteiger partial charge in [0.1, 0.15) is 12.1 Å². The van der Waals surface area contributed by atoms with Crippen LogP contribution >= 0.6 is 0 Å². The predicted octanol–water partition coefficient (Wildman–Crippen LogP) is 2.09. The highest BCUT2D eigenvalue weighted by molar-refractivity contribution is 5.63. The van der Waals surface area contributed by atoms with E-state index in [0.717, 1.165) is 0 Å². The predicted molar refractivity (Wildman–Crippen MR) is 82.1 cm³/mol. The van der Waals surface area contributed by atoms with Gasteiger partial charge in [-0.15, -0.1) is 10.2 Å². The van der Waals surface area contributed by atoms with Gasteiger partial charge in [-0.3, -0.25) is 4.40 Å². The fourth-order valence-corrected chi connectivity index (χ4v) is 2.64. The van der Waals surface area contributed by atoms with E-state index in [1.807, 2.05) is 0 Å². The molecule has 3 aromatic rings. The first-order chi connectivity index (χ1) is 12.1. The molecule has 2 aromatic heterocycles. The Hall–Kier alpha value is -3.17. The molecule has 1 aliphatic heterocycles. The minimum Gasteiger partial charge on any atom is -0.454 e. The quantitative estimate of drug-likeness (QED) is 0.698. The lowest BCUT2D eigenvalue weighted by Crippen LogP contribution is -2.19. The van der Waals surface area contributed by atoms with Crippen LogP contribution < -0.4 is 19.1 Å². The van der Waals surface area contributed by atoms with Gasteiger partial charge in [-0.05, 0) is 6.07 Å². The third kappa shape index (κ3) is 2.86. The van der Waals surface area contributed by atoms with Gasteiger partial charge < -0.3 is 19.1 Å². The molecule has 0 spiro atoms. The standard InChI is InChI=1S/C15H13F2N5O3/c1-21(13-14-20-19-7-22(14)3-2-18-13)6-9-4-11-12(24-8-23-11)5-10(9)25-15(16)17/h2-5,7,15H,6,8H2,1H3. The smallest absolute Gasteiger partial charge is 0.387 e. The summed E-state index contributed by atoms with van der Waals surface area (Å²) in [6, 6.07) is 3.03. The number of ether oxygens (including phenoxy) is 3. The second-order valence-corrected chi connectivity index (χ2v) is 5.36. The molecule has 0 aliphatic carbocycles. The molecular weight excluding hydrogens is 336 g/mol. The lowest BCUT2D eigenvalue weighted by molar-refractivity contribution is -0.0505. The van der Waals surface area contributed by atoms with Crippen molar-refractivity contribution in [3.63, 3.8) is 0 Å². The summed E-state index contributed by atoms with van der Waals surface area (Å²) in [5.74, 6) is 1.44. The number of benzene rings is 1. The Labute approximate surface area is 140 Å². The number of rotatable bonds is 5. The Morgan fingerprint density at radius 2 is 2.12 bits per heavy atom. The van der Waals surface area contributed by atoms with Crippen molar-refractivity contribution in [2.45, 2.75) is 13.2 Å². The van der Waals surface area contributed by atoms with E-state index in [-0.39, 0.29) is 19.1 Å². The second kappa shape index (κ2) is 6.04. The maximum Gasteiger partial charge on any atom is 0.387 e. The number of fused-ring (bicyclic) bond motifs is 2. The van der Waals surface area contributed by atoms with E-state index in [4.69, 9.17) is 9.47 Å². The van der Waals surface area contributed by atoms with Gasteiger partial charge in [0, 0.05) is 37.6 Å². The van der Waals surface area contributed by atoms with Crippen molar-refractivity contribution in [2.24, 2.45) is 0 Å². The summed E-state index contributed by atoms with van der Waals surface area (Å²) in [6.45, 7) is -2.65. The van der Waals surface area contributed by atoms with Crippen molar-refractivity contribution >= 4 is 11.5 Å². The van der Waals surface area contributed by atoms with Crippen molar-refractivity contribution in [1.29, 1.82) is 0 Å². The average molecular weight is 349 g/mol. The van der Waals surface area contributed by atoms with Crippen LogP contribution in [0.4, 0.5) is 14.6 Å². The van der Waals surface area contributed by atoms with Crippen LogP contribution in [-0.4, -0.2) is 40.0 Å². The molecule has 0 atom stereocenters. The largest absolute Gasteiger partial charge is 0.454 e. The normalized spacial score (nSPS) is 12.8. The minimum atomic E-state index is -2.94. The first kappa shape index (κ1) is 15.4. The highest BCUT2D eigenvalue weighted by Gasteiger charge is 2.21. The second-order valence-electron chi connectivity index (χ2n) is 5.36. The van der Waals surface area contributed by atoms with Gasteiger partial charge >= 0.3 is 6.61 Å². The van der Waals surface area contributed by atoms with Crippen LogP contribution in [0, 0.1) is 0 Å². The van der Waals surface area contributed by atoms with E-state index in [2.05, 4.69) is 19.9 Å². The van der Waals surface area contributed by atoms with Crippen molar-refractivity contribution < 1.29 is 23.0 Å². The van der Waals surface area contributed by atoms with Crippen LogP contribution in [0.5, 0.6) is 17.2 Å². The molecule has 0 amide bonds. The van der Waals surface area contributed by atoms with Gasteiger partial charge in [0.15, 0.2) is 17.3 Å². The molecule has 0 saturated carbocycles. The highest BCUT2D eigenvalue weighted by atomic mass is 19.3. The Morgan fingerprint density at radius 3 is 2.92 bits per heavy atom. The van der Waals surface area contributed by atoms with E-state index < -0.39 is 6.61 Å². The van der Waals surface area contributed by atoms with Crippen LogP contribution in [0.3, 0.4) is 0 Å². The summed E-state index contributed by atoms with van der Waals surface area (Å²) in [5, 5.41) is 7.86. The summed E-state index contributed by atoms with van der Waals surface area (Å²) < 4.78 is 42.4. The zero-order valence-corrected chi connectivity index (χ0v) is 13.1. The van der Waals surface area contributed by atoms with Gasteiger partial charge in [-0.1, -0.05) is 0 Å². The van der Waals surface area contributed by atoms with E-state index in [1.165, 1.54) is 6.07 Å². The highest BCUT2D eigenvalue weighted by Crippen LogP contribution is 2.39. The number of halogens is 2. The van der Waals surface area contributed by atoms with Crippen LogP contribution in [0.15, 0.2) is 30.9 Å². The molecule has 10 heteroatoms. The van der Waals surface area contributed by atoms with E-state index in [0.29, 0.717) is 28.5 Å². The monoisotopic (exact) mass is 349 g/mol. The lowest BCUT2D eigenvalue weighted by atomic mass is 10.1. The first-order valence-electron chi connectivity index (χ1n) is 7.34. The molecule has 0 radical (unpaired) electrons. The van der Waals surface area contributed by atoms with Gasteiger partial charge in [-0.2, -0.15) is 8.78 Å². The van der Waals surface area contributed by atoms with Crippen molar-refractivity contribution in [1.82, 2.24) is 19.6 Å². The SMILES string of the molecule is CN(Cc1cc2c(cc1OC(F)F)OCO2)c1nccn2cnnc12. The minimum absolute atomic E-state index is 0.0273. The third-order valence-electron chi connectivity index (χ3n) is 3.74. The zero-order valence-electron chi connectivity index (χ0n) is 13.1. The zero-order chi connectivity index (χ0) is 17.4. The van der Waals surface area contributed by atoms with E-state index in [1.54, 1.807) is 41.1 Å². The summed E-state index contributed by atoms with van der Waals surface area (Å²) >= 11 is 0. The molecule has 1 aliphatic rings. The molecule has 130 valence electrons. The topological polar surface area (TPSA) is 74.0 Å². The summed E-state index contributed by atoms with van der Waals surface area (Å²) in [5.41, 5.74) is 1.07. The Morgan fingerprint density at radius 1 is 1.32 bits per heavy atom. The first-order valence-corrected chi connectivity index (χ1v) is 7.34. The number of hydrogen-bond acceptors (Lipinski definition) is 7. The van der Waals surface area contributed by atoms with E-state index >= 15 is 0 Å². The molecule has 0 fully saturated rings. The van der Waals surface area contributed by atoms with Gasteiger partial charge in [0.25, 0.3) is 0 Å². The summed E-state index contributed by atoms with van der Waals surface area (Å²) in [6.07, 6.45) is 4.89. The van der Waals surface area contributed by atoms with Crippen LogP contribution in [-0.2, 0) is 6.54 Å². The summed E-state index contributed by atoms with van der Waals surface area (Å²) in [4.78, 5) is 6.06. The molecule has 0 bridgehead atoms. The van der Waals surface area contributed by atoms with Crippen LogP contribution in [0.2, 0.25) is 0 Å². The number of aromatic nitrogens is 4. The van der Waals surface area contributed by atoms with Crippen LogP contribution in [0.25, 0.3) is 5.65 Å². The Kier molecular flexibility index (Phi) is 3.71. The average Bonchev–Trinajstić information content (AvgIpc) is 3.22. The molecule has 8 nitrogen and oxygen atoms in total. The van der Waals surface area contributed by atoms with Gasteiger partial charge in [0.05, 0.1) is 0 Å². The van der Waals surface area contributed by atoms with Gasteiger partial charge in [-0.25, -0.2) is 4.98 Å². The number of anilines is 1. The molecule has 0 unspecified atom stereocenters. The molecule has 1 aromatic carbocycles. The maximum absolute atomic E-state index is 12.7. The number of alkyl halides is 2. The molecule has 0 saturated heterocycles. The number of nitrogens with zero attached hydrogens (tertiary/aromatic N) is 5. The van der Waals surface area contributed by atoms with E-state index in [9.17, 15) is 8.78 Å². The third-order valence-corrected chi connectivity index (χ3v) is 3.74. The fraction of sp³-hybridized carbons (Fsp3) is 0.267. The Balaban J connectivity index is 1.68. The molecule has 3 heterocycles. The molecule has 25 heavy (non-hydrogen) atoms. The molecule has 4 rings (SSSR count). The fourth-order valence-electron chi connectivity index (χ4n) is 2.64. The van der Waals surface area contributed by atoms with Crippen molar-refractivity contribution in [3.05, 3.63) is 36.4 Å². The van der Waals surface area contributed by atoms with Crippen LogP contribution in [0.1, 0.15) is 5.56 Å². The van der Waals surface area contributed by atoms with Crippen molar-refractivity contribution in [3.8, 4) is 17.2 Å². The van der Waals surface area contributed by atoms with Gasteiger partial charge in [0.2, 0.25) is 12.4 Å². The lowest BCUT2D eigenvalue weighted by Gasteiger charge is -2.20.